The smallest absolute Gasteiger partial charge is 0.263 e. The van der Waals surface area contributed by atoms with Crippen molar-refractivity contribution in [3.05, 3.63) is 242 Å². The number of aliphatic hydroxyl groups excluding tert-OH is 1. The van der Waals surface area contributed by atoms with E-state index in [1.165, 1.54) is 4.90 Å². The Labute approximate surface area is 413 Å². The molecule has 0 aliphatic carbocycles. The van der Waals surface area contributed by atoms with Crippen LogP contribution in [0.2, 0.25) is 0 Å². The van der Waals surface area contributed by atoms with E-state index in [1.54, 1.807) is 0 Å². The number of rotatable bonds is 9. The van der Waals surface area contributed by atoms with Gasteiger partial charge in [0.1, 0.15) is 0 Å². The first kappa shape index (κ1) is 42.3. The first-order valence-electron chi connectivity index (χ1n) is 23.7. The zero-order chi connectivity index (χ0) is 48.1. The van der Waals surface area contributed by atoms with E-state index in [0.29, 0.717) is 57.4 Å². The number of hydrogen-bond acceptors (Lipinski definition) is 8. The van der Waals surface area contributed by atoms with E-state index in [9.17, 15) is 5.11 Å². The highest BCUT2D eigenvalue weighted by Crippen LogP contribution is 2.43. The zero-order valence-electron chi connectivity index (χ0n) is 38.4. The van der Waals surface area contributed by atoms with Crippen molar-refractivity contribution in [3.8, 4) is 85.1 Å². The number of fused-ring (bicyclic) bond motifs is 4. The molecule has 10 nitrogen and oxygen atoms in total. The fourth-order valence-corrected chi connectivity index (χ4v) is 9.72. The molecule has 1 N–H and O–H groups in total. The number of hydrogen-bond donors (Lipinski definition) is 1. The van der Waals surface area contributed by atoms with E-state index in [1.807, 2.05) is 206 Å². The second-order valence-electron chi connectivity index (χ2n) is 17.6. The Morgan fingerprint density at radius 2 is 0.722 bits per heavy atom. The lowest BCUT2D eigenvalue weighted by atomic mass is 10.0. The normalized spacial score (nSPS) is 13.2. The number of aromatic nitrogens is 7. The summed E-state index contributed by atoms with van der Waals surface area (Å²) in [5.74, 6) is 2.92. The van der Waals surface area contributed by atoms with Crippen molar-refractivity contribution in [2.45, 2.75) is 6.23 Å². The molecule has 3 aromatic heterocycles. The molecule has 1 aliphatic heterocycles. The van der Waals surface area contributed by atoms with E-state index in [2.05, 4.69) is 28.8 Å². The quantitative estimate of drug-likeness (QED) is 0.152. The number of nitrogens with zero attached hydrogens (tertiary/aromatic N) is 8. The Morgan fingerprint density at radius 1 is 0.347 bits per heavy atom. The van der Waals surface area contributed by atoms with Crippen molar-refractivity contribution in [1.29, 1.82) is 0 Å². The van der Waals surface area contributed by atoms with Crippen LogP contribution < -0.4 is 4.90 Å². The lowest BCUT2D eigenvalue weighted by Gasteiger charge is -2.21. The third kappa shape index (κ3) is 7.47. The number of carbonyl (C=O) groups is 1. The Hall–Kier alpha value is -9.77. The number of aliphatic hydroxyl groups is 1. The molecule has 1 atom stereocenters. The monoisotopic (exact) mass is 928 g/mol. The Kier molecular flexibility index (Phi) is 10.4. The molecular formula is C62H40N8O2. The van der Waals surface area contributed by atoms with Crippen LogP contribution >= 0.6 is 0 Å². The SMILES string of the molecule is O=C1c2c(cccc2-n2c3ccc(-c4nc(-c5ccccc5)nc(-c5ccccc5)n4)cc3c3cc(-c4nc(-c5ccccc5)nc(-c5ccccc5)n4)ccc32)C(O)N1c1cccc(-c2ccccc2)c1. The Morgan fingerprint density at radius 3 is 1.15 bits per heavy atom. The van der Waals surface area contributed by atoms with Gasteiger partial charge in [0.2, 0.25) is 0 Å². The maximum absolute atomic E-state index is 15.0. The summed E-state index contributed by atoms with van der Waals surface area (Å²) >= 11 is 0. The molecule has 4 heterocycles. The molecule has 0 bridgehead atoms. The number of amides is 1. The van der Waals surface area contributed by atoms with Gasteiger partial charge in [-0.25, -0.2) is 29.9 Å². The average molecular weight is 929 g/mol. The number of anilines is 1. The summed E-state index contributed by atoms with van der Waals surface area (Å²) in [6.45, 7) is 0. The van der Waals surface area contributed by atoms with Crippen LogP contribution in [-0.2, 0) is 0 Å². The first-order valence-corrected chi connectivity index (χ1v) is 23.7. The topological polar surface area (TPSA) is 123 Å². The average Bonchev–Trinajstić information content (AvgIpc) is 3.92. The molecule has 340 valence electrons. The molecule has 10 heteroatoms. The summed E-state index contributed by atoms with van der Waals surface area (Å²) in [5.41, 5.74) is 10.8. The van der Waals surface area contributed by atoms with E-state index >= 15 is 4.79 Å². The van der Waals surface area contributed by atoms with Crippen molar-refractivity contribution in [2.75, 3.05) is 4.90 Å². The molecule has 0 saturated carbocycles. The van der Waals surface area contributed by atoms with Gasteiger partial charge in [0.15, 0.2) is 41.2 Å². The molecule has 0 fully saturated rings. The highest BCUT2D eigenvalue weighted by molar-refractivity contribution is 6.16. The fraction of sp³-hybridized carbons (Fsp3) is 0.0161. The largest absolute Gasteiger partial charge is 0.369 e. The molecule has 1 unspecified atom stereocenters. The predicted molar refractivity (Wildman–Crippen MR) is 284 cm³/mol. The maximum atomic E-state index is 15.0. The molecule has 72 heavy (non-hydrogen) atoms. The van der Waals surface area contributed by atoms with Gasteiger partial charge >= 0.3 is 0 Å². The minimum Gasteiger partial charge on any atom is -0.369 e. The van der Waals surface area contributed by atoms with Crippen LogP contribution in [0.4, 0.5) is 5.69 Å². The minimum atomic E-state index is -1.22. The van der Waals surface area contributed by atoms with Crippen LogP contribution in [-0.4, -0.2) is 45.5 Å². The molecule has 0 spiro atoms. The van der Waals surface area contributed by atoms with Gasteiger partial charge in [0, 0.05) is 55.4 Å². The summed E-state index contributed by atoms with van der Waals surface area (Å²) in [6.07, 6.45) is -1.22. The number of carbonyl (C=O) groups excluding carboxylic acids is 1. The van der Waals surface area contributed by atoms with Gasteiger partial charge in [-0.2, -0.15) is 0 Å². The maximum Gasteiger partial charge on any atom is 0.263 e. The van der Waals surface area contributed by atoms with Crippen LogP contribution in [0.3, 0.4) is 0 Å². The fourth-order valence-electron chi connectivity index (χ4n) is 9.72. The Bertz CT molecular complexity index is 3720. The van der Waals surface area contributed by atoms with Crippen molar-refractivity contribution in [3.63, 3.8) is 0 Å². The summed E-state index contributed by atoms with van der Waals surface area (Å²) in [4.78, 5) is 46.8. The summed E-state index contributed by atoms with van der Waals surface area (Å²) in [6, 6.07) is 75.5. The van der Waals surface area contributed by atoms with Crippen LogP contribution in [0, 0.1) is 0 Å². The summed E-state index contributed by atoms with van der Waals surface area (Å²) in [5, 5.41) is 13.8. The van der Waals surface area contributed by atoms with Crippen LogP contribution in [0.15, 0.2) is 231 Å². The van der Waals surface area contributed by atoms with E-state index in [0.717, 1.165) is 66.3 Å². The molecule has 0 radical (unpaired) electrons. The van der Waals surface area contributed by atoms with E-state index in [-0.39, 0.29) is 5.91 Å². The van der Waals surface area contributed by atoms with E-state index in [4.69, 9.17) is 29.9 Å². The van der Waals surface area contributed by atoms with Gasteiger partial charge in [-0.05, 0) is 65.7 Å². The van der Waals surface area contributed by atoms with Crippen molar-refractivity contribution >= 4 is 33.4 Å². The van der Waals surface area contributed by atoms with Gasteiger partial charge in [0.05, 0.1) is 22.3 Å². The standard InChI is InChI=1S/C62H40N8O2/c71-61-48-30-17-31-53(54(48)62(72)69(61)47-29-16-28-44(36-47)39-18-6-1-7-19-39)70-51-34-32-45(59-65-55(40-20-8-2-9-21-40)63-56(66-59)41-22-10-3-11-23-41)37-49(51)50-38-46(33-35-52(50)70)60-67-57(42-24-12-4-13-25-42)64-58(68-60)43-26-14-5-15-27-43/h1-38,61,71H. The third-order valence-corrected chi connectivity index (χ3v) is 13.2. The molecule has 1 aliphatic rings. The highest BCUT2D eigenvalue weighted by Gasteiger charge is 2.39. The number of benzene rings is 9. The molecule has 13 rings (SSSR count). The summed E-state index contributed by atoms with van der Waals surface area (Å²) in [7, 11) is 0. The van der Waals surface area contributed by atoms with Crippen molar-refractivity contribution < 1.29 is 9.90 Å². The predicted octanol–water partition coefficient (Wildman–Crippen LogP) is 13.5. The van der Waals surface area contributed by atoms with Gasteiger partial charge in [0.25, 0.3) is 5.91 Å². The Balaban J connectivity index is 1.02. The molecule has 1 amide bonds. The second kappa shape index (κ2) is 17.6. The zero-order valence-corrected chi connectivity index (χ0v) is 38.4. The van der Waals surface area contributed by atoms with Crippen LogP contribution in [0.25, 0.3) is 107 Å². The lowest BCUT2D eigenvalue weighted by Crippen LogP contribution is -2.27. The van der Waals surface area contributed by atoms with Gasteiger partial charge < -0.3 is 9.67 Å². The second-order valence-corrected chi connectivity index (χ2v) is 17.6. The molecular weight excluding hydrogens is 889 g/mol. The highest BCUT2D eigenvalue weighted by atomic mass is 16.3. The van der Waals surface area contributed by atoms with Gasteiger partial charge in [-0.15, -0.1) is 0 Å². The van der Waals surface area contributed by atoms with Crippen LogP contribution in [0.1, 0.15) is 22.1 Å². The van der Waals surface area contributed by atoms with Gasteiger partial charge in [-0.1, -0.05) is 176 Å². The lowest BCUT2D eigenvalue weighted by molar-refractivity contribution is 0.0935. The van der Waals surface area contributed by atoms with E-state index < -0.39 is 6.23 Å². The molecule has 12 aromatic rings. The third-order valence-electron chi connectivity index (χ3n) is 13.2. The first-order chi connectivity index (χ1) is 35.5. The minimum absolute atomic E-state index is 0.305. The summed E-state index contributed by atoms with van der Waals surface area (Å²) < 4.78 is 2.11. The van der Waals surface area contributed by atoms with Crippen molar-refractivity contribution in [2.24, 2.45) is 0 Å². The molecule has 0 saturated heterocycles. The van der Waals surface area contributed by atoms with Crippen LogP contribution in [0.5, 0.6) is 0 Å². The van der Waals surface area contributed by atoms with Crippen molar-refractivity contribution in [1.82, 2.24) is 34.5 Å². The van der Waals surface area contributed by atoms with Gasteiger partial charge in [-0.3, -0.25) is 9.69 Å². The molecule has 9 aromatic carbocycles.